The van der Waals surface area contributed by atoms with Crippen LogP contribution in [0.25, 0.3) is 0 Å². The molecule has 2 atom stereocenters. The van der Waals surface area contributed by atoms with Crippen molar-refractivity contribution in [3.05, 3.63) is 35.6 Å². The average molecular weight is 423 g/mol. The topological polar surface area (TPSA) is 45.1 Å². The number of thioether (sulfide) groups is 1. The van der Waals surface area contributed by atoms with Crippen LogP contribution in [0.15, 0.2) is 24.3 Å². The maximum absolute atomic E-state index is 13.3. The van der Waals surface area contributed by atoms with E-state index >= 15 is 0 Å². The summed E-state index contributed by atoms with van der Waals surface area (Å²) in [4.78, 5) is 30.7. The lowest BCUT2D eigenvalue weighted by molar-refractivity contribution is -0.906. The van der Waals surface area contributed by atoms with Gasteiger partial charge in [0, 0.05) is 25.4 Å². The summed E-state index contributed by atoms with van der Waals surface area (Å²) >= 11 is 1.71. The third kappa shape index (κ3) is 5.72. The summed E-state index contributed by atoms with van der Waals surface area (Å²) in [5, 5.41) is -0.0733. The molecule has 2 heterocycles. The van der Waals surface area contributed by atoms with Gasteiger partial charge in [0.05, 0.1) is 6.04 Å². The number of nitrogens with one attached hydrogen (secondary N) is 1. The van der Waals surface area contributed by atoms with Gasteiger partial charge in [-0.25, -0.2) is 4.39 Å². The molecule has 1 aromatic carbocycles. The number of hydrogen-bond donors (Lipinski definition) is 1. The van der Waals surface area contributed by atoms with Crippen LogP contribution in [0.4, 0.5) is 4.39 Å². The highest BCUT2D eigenvalue weighted by Gasteiger charge is 2.34. The Kier molecular flexibility index (Phi) is 7.57. The summed E-state index contributed by atoms with van der Waals surface area (Å²) < 4.78 is 13.3. The van der Waals surface area contributed by atoms with E-state index in [9.17, 15) is 14.0 Å². The second-order valence-corrected chi connectivity index (χ2v) is 9.78. The number of halogens is 1. The van der Waals surface area contributed by atoms with Crippen molar-refractivity contribution in [3.63, 3.8) is 0 Å². The number of piperidine rings is 1. The van der Waals surface area contributed by atoms with Gasteiger partial charge in [-0.3, -0.25) is 9.59 Å². The molecule has 0 aliphatic carbocycles. The first-order valence-electron chi connectivity index (χ1n) is 10.6. The molecule has 0 radical (unpaired) electrons. The van der Waals surface area contributed by atoms with Crippen LogP contribution in [-0.2, 0) is 9.59 Å². The van der Waals surface area contributed by atoms with Gasteiger partial charge in [0.15, 0.2) is 13.1 Å². The Balaban J connectivity index is 1.61. The molecule has 3 rings (SSSR count). The van der Waals surface area contributed by atoms with Crippen LogP contribution < -0.4 is 4.90 Å². The molecule has 0 aromatic heterocycles. The van der Waals surface area contributed by atoms with E-state index in [1.165, 1.54) is 12.1 Å². The number of nitrogens with zero attached hydrogens (tertiary/aromatic N) is 2. The number of carbonyl (C=O) groups excluding carboxylic acids is 2. The molecule has 7 heteroatoms. The van der Waals surface area contributed by atoms with Crippen LogP contribution in [0, 0.1) is 11.7 Å². The van der Waals surface area contributed by atoms with Crippen LogP contribution in [0.3, 0.4) is 0 Å². The lowest BCUT2D eigenvalue weighted by atomic mass is 9.99. The highest BCUT2D eigenvalue weighted by Crippen LogP contribution is 2.37. The number of rotatable bonds is 6. The van der Waals surface area contributed by atoms with Gasteiger partial charge < -0.3 is 14.7 Å². The van der Waals surface area contributed by atoms with Gasteiger partial charge in [-0.2, -0.15) is 0 Å². The predicted octanol–water partition coefficient (Wildman–Crippen LogP) is 1.95. The monoisotopic (exact) mass is 422 g/mol. The highest BCUT2D eigenvalue weighted by molar-refractivity contribution is 7.99. The molecule has 2 aliphatic heterocycles. The van der Waals surface area contributed by atoms with E-state index in [0.717, 1.165) is 42.1 Å². The zero-order chi connectivity index (χ0) is 21.0. The van der Waals surface area contributed by atoms with E-state index in [2.05, 4.69) is 20.8 Å². The first-order chi connectivity index (χ1) is 13.8. The fourth-order valence-corrected chi connectivity index (χ4v) is 5.24. The van der Waals surface area contributed by atoms with Gasteiger partial charge in [0.2, 0.25) is 0 Å². The minimum atomic E-state index is -0.268. The minimum Gasteiger partial charge on any atom is -0.338 e. The van der Waals surface area contributed by atoms with E-state index in [4.69, 9.17) is 0 Å². The summed E-state index contributed by atoms with van der Waals surface area (Å²) in [6.45, 7) is 9.37. The quantitative estimate of drug-likeness (QED) is 0.762. The third-order valence-electron chi connectivity index (χ3n) is 6.08. The molecule has 2 amide bonds. The van der Waals surface area contributed by atoms with Gasteiger partial charge in [0.25, 0.3) is 11.8 Å². The Morgan fingerprint density at radius 3 is 2.34 bits per heavy atom. The van der Waals surface area contributed by atoms with E-state index in [-0.39, 0.29) is 29.0 Å². The number of hydrogen-bond acceptors (Lipinski definition) is 3. The first-order valence-corrected chi connectivity index (χ1v) is 11.7. The van der Waals surface area contributed by atoms with Gasteiger partial charge in [0.1, 0.15) is 11.2 Å². The second-order valence-electron chi connectivity index (χ2n) is 8.59. The average Bonchev–Trinajstić information content (AvgIpc) is 3.18. The normalized spacial score (nSPS) is 21.6. The fourth-order valence-electron chi connectivity index (χ4n) is 3.96. The van der Waals surface area contributed by atoms with Crippen LogP contribution >= 0.6 is 11.8 Å². The summed E-state index contributed by atoms with van der Waals surface area (Å²) in [7, 11) is 0. The number of likely N-dealkylation sites (tertiary alicyclic amines) is 1. The van der Waals surface area contributed by atoms with Gasteiger partial charge in [-0.05, 0) is 50.3 Å². The fraction of sp³-hybridized carbons (Fsp3) is 0.636. The standard InChI is InChI=1S/C22H32FN3O2S/c1-16(2)25(14-20(27)24-10-8-17(3)9-11-24)15-21(28)26-12-13-29-22(26)18-4-6-19(23)7-5-18/h4-7,16-17,22H,8-15H2,1-3H3/p+1/t22-/m1/s1. The van der Waals surface area contributed by atoms with Crippen molar-refractivity contribution in [1.29, 1.82) is 0 Å². The third-order valence-corrected chi connectivity index (χ3v) is 7.34. The Bertz CT molecular complexity index is 705. The zero-order valence-corrected chi connectivity index (χ0v) is 18.5. The molecule has 1 N–H and O–H groups in total. The van der Waals surface area contributed by atoms with Crippen molar-refractivity contribution in [2.75, 3.05) is 38.5 Å². The summed E-state index contributed by atoms with van der Waals surface area (Å²) in [6, 6.07) is 6.59. The Morgan fingerprint density at radius 2 is 1.72 bits per heavy atom. The number of benzene rings is 1. The Hall–Kier alpha value is -1.60. The Morgan fingerprint density at radius 1 is 1.10 bits per heavy atom. The van der Waals surface area contributed by atoms with Crippen LogP contribution in [-0.4, -0.2) is 66.1 Å². The Labute approximate surface area is 177 Å². The van der Waals surface area contributed by atoms with Crippen molar-refractivity contribution >= 4 is 23.6 Å². The van der Waals surface area contributed by atoms with Crippen LogP contribution in [0.2, 0.25) is 0 Å². The minimum absolute atomic E-state index is 0.0630. The van der Waals surface area contributed by atoms with E-state index in [1.54, 1.807) is 23.9 Å². The van der Waals surface area contributed by atoms with Crippen molar-refractivity contribution in [1.82, 2.24) is 9.80 Å². The SMILES string of the molecule is CC1CCN(C(=O)C[NH+](CC(=O)N2CCS[C@@H]2c2ccc(F)cc2)C(C)C)CC1. The second kappa shape index (κ2) is 9.94. The van der Waals surface area contributed by atoms with E-state index < -0.39 is 0 Å². The van der Waals surface area contributed by atoms with Crippen LogP contribution in [0.1, 0.15) is 44.6 Å². The van der Waals surface area contributed by atoms with Crippen molar-refractivity contribution in [3.8, 4) is 0 Å². The van der Waals surface area contributed by atoms with Crippen molar-refractivity contribution in [2.45, 2.75) is 45.0 Å². The van der Waals surface area contributed by atoms with Gasteiger partial charge >= 0.3 is 0 Å². The molecule has 160 valence electrons. The van der Waals surface area contributed by atoms with Crippen molar-refractivity contribution < 1.29 is 18.9 Å². The zero-order valence-electron chi connectivity index (χ0n) is 17.7. The first kappa shape index (κ1) is 22.1. The largest absolute Gasteiger partial charge is 0.338 e. The molecule has 0 bridgehead atoms. The van der Waals surface area contributed by atoms with Crippen LogP contribution in [0.5, 0.6) is 0 Å². The maximum atomic E-state index is 13.3. The predicted molar refractivity (Wildman–Crippen MR) is 114 cm³/mol. The molecule has 2 saturated heterocycles. The lowest BCUT2D eigenvalue weighted by Gasteiger charge is -2.33. The lowest BCUT2D eigenvalue weighted by Crippen LogP contribution is -3.17. The highest BCUT2D eigenvalue weighted by atomic mass is 32.2. The molecule has 1 unspecified atom stereocenters. The number of quaternary nitrogens is 1. The molecule has 1 aromatic rings. The molecule has 0 saturated carbocycles. The number of carbonyl (C=O) groups is 2. The van der Waals surface area contributed by atoms with Crippen molar-refractivity contribution in [2.24, 2.45) is 5.92 Å². The molecule has 29 heavy (non-hydrogen) atoms. The molecule has 2 aliphatic rings. The molecular weight excluding hydrogens is 389 g/mol. The molecule has 2 fully saturated rings. The maximum Gasteiger partial charge on any atom is 0.278 e. The smallest absolute Gasteiger partial charge is 0.278 e. The molecule has 0 spiro atoms. The van der Waals surface area contributed by atoms with E-state index in [0.29, 0.717) is 25.6 Å². The summed E-state index contributed by atoms with van der Waals surface area (Å²) in [5.41, 5.74) is 0.951. The molecular formula is C22H33FN3O2S+. The van der Waals surface area contributed by atoms with Gasteiger partial charge in [-0.15, -0.1) is 11.8 Å². The molecule has 5 nitrogen and oxygen atoms in total. The van der Waals surface area contributed by atoms with E-state index in [1.807, 2.05) is 9.80 Å². The van der Waals surface area contributed by atoms with Gasteiger partial charge in [-0.1, -0.05) is 19.1 Å². The summed E-state index contributed by atoms with van der Waals surface area (Å²) in [6.07, 6.45) is 2.12. The number of amides is 2. The summed E-state index contributed by atoms with van der Waals surface area (Å²) in [5.74, 6) is 1.50.